The highest BCUT2D eigenvalue weighted by atomic mass is 32.2. The fourth-order valence-electron chi connectivity index (χ4n) is 3.74. The molecule has 1 atom stereocenters. The molecule has 0 bridgehead atoms. The number of carbonyl (C=O) groups excluding carboxylic acids is 1. The molecule has 0 unspecified atom stereocenters. The molecular formula is C23H30N2O4S. The first-order valence-electron chi connectivity index (χ1n) is 10.3. The van der Waals surface area contributed by atoms with Gasteiger partial charge in [-0.2, -0.15) is 4.31 Å². The SMILES string of the molecule is CC[C@H](NC(=O)c1ccc(CS(=O)(=O)N2CCOCC2)cc1)c1ccc(C)cc1C. The van der Waals surface area contributed by atoms with Crippen LogP contribution in [0.4, 0.5) is 0 Å². The highest BCUT2D eigenvalue weighted by Gasteiger charge is 2.24. The zero-order chi connectivity index (χ0) is 21.7. The van der Waals surface area contributed by atoms with Crippen LogP contribution in [0.1, 0.15) is 52.0 Å². The molecule has 1 N–H and O–H groups in total. The monoisotopic (exact) mass is 430 g/mol. The van der Waals surface area contributed by atoms with Gasteiger partial charge in [0.05, 0.1) is 25.0 Å². The third kappa shape index (κ3) is 5.47. The molecule has 1 aliphatic rings. The van der Waals surface area contributed by atoms with E-state index in [1.165, 1.54) is 9.87 Å². The average molecular weight is 431 g/mol. The van der Waals surface area contributed by atoms with E-state index in [9.17, 15) is 13.2 Å². The van der Waals surface area contributed by atoms with Gasteiger partial charge in [0.2, 0.25) is 10.0 Å². The molecule has 7 heteroatoms. The minimum atomic E-state index is -3.38. The Balaban J connectivity index is 1.67. The fraction of sp³-hybridized carbons (Fsp3) is 0.435. The highest BCUT2D eigenvalue weighted by molar-refractivity contribution is 7.88. The number of morpholine rings is 1. The molecule has 0 spiro atoms. The molecular weight excluding hydrogens is 400 g/mol. The Kier molecular flexibility index (Phi) is 7.28. The minimum Gasteiger partial charge on any atom is -0.379 e. The number of hydrogen-bond acceptors (Lipinski definition) is 4. The summed E-state index contributed by atoms with van der Waals surface area (Å²) in [6.45, 7) is 7.79. The summed E-state index contributed by atoms with van der Waals surface area (Å²) < 4.78 is 31.8. The lowest BCUT2D eigenvalue weighted by Gasteiger charge is -2.26. The first-order valence-corrected chi connectivity index (χ1v) is 11.9. The zero-order valence-corrected chi connectivity index (χ0v) is 18.7. The lowest BCUT2D eigenvalue weighted by atomic mass is 9.97. The molecule has 0 radical (unpaired) electrons. The van der Waals surface area contributed by atoms with Gasteiger partial charge in [0.15, 0.2) is 0 Å². The van der Waals surface area contributed by atoms with Crippen molar-refractivity contribution < 1.29 is 17.9 Å². The van der Waals surface area contributed by atoms with Crippen LogP contribution in [0.15, 0.2) is 42.5 Å². The van der Waals surface area contributed by atoms with E-state index in [1.807, 2.05) is 6.92 Å². The molecule has 1 amide bonds. The predicted octanol–water partition coefficient (Wildman–Crippen LogP) is 3.35. The van der Waals surface area contributed by atoms with Gasteiger partial charge in [-0.15, -0.1) is 0 Å². The molecule has 1 aliphatic heterocycles. The van der Waals surface area contributed by atoms with Gasteiger partial charge in [0, 0.05) is 18.7 Å². The molecule has 3 rings (SSSR count). The summed E-state index contributed by atoms with van der Waals surface area (Å²) in [5.41, 5.74) is 4.65. The van der Waals surface area contributed by atoms with Gasteiger partial charge in [0.25, 0.3) is 5.91 Å². The van der Waals surface area contributed by atoms with Crippen LogP contribution in [0.25, 0.3) is 0 Å². The van der Waals surface area contributed by atoms with Gasteiger partial charge in [-0.1, -0.05) is 42.8 Å². The number of amides is 1. The number of carbonyl (C=O) groups is 1. The summed E-state index contributed by atoms with van der Waals surface area (Å²) in [6, 6.07) is 13.0. The van der Waals surface area contributed by atoms with Crippen molar-refractivity contribution in [3.8, 4) is 0 Å². The lowest BCUT2D eigenvalue weighted by Crippen LogP contribution is -2.41. The molecule has 0 saturated carbocycles. The van der Waals surface area contributed by atoms with Crippen molar-refractivity contribution in [3.63, 3.8) is 0 Å². The van der Waals surface area contributed by atoms with Crippen molar-refractivity contribution in [2.45, 2.75) is 39.0 Å². The van der Waals surface area contributed by atoms with Crippen molar-refractivity contribution in [2.24, 2.45) is 0 Å². The fourth-order valence-corrected chi connectivity index (χ4v) is 5.24. The van der Waals surface area contributed by atoms with Crippen LogP contribution in [0.3, 0.4) is 0 Å². The summed E-state index contributed by atoms with van der Waals surface area (Å²) in [5, 5.41) is 3.10. The Hall–Kier alpha value is -2.22. The van der Waals surface area contributed by atoms with Gasteiger partial charge in [0.1, 0.15) is 0 Å². The van der Waals surface area contributed by atoms with E-state index < -0.39 is 10.0 Å². The first kappa shape index (κ1) is 22.5. The third-order valence-corrected chi connectivity index (χ3v) is 7.29. The molecule has 162 valence electrons. The predicted molar refractivity (Wildman–Crippen MR) is 118 cm³/mol. The number of rotatable bonds is 7. The van der Waals surface area contributed by atoms with Crippen molar-refractivity contribution in [3.05, 3.63) is 70.3 Å². The Bertz CT molecular complexity index is 981. The number of aryl methyl sites for hydroxylation is 2. The molecule has 6 nitrogen and oxygen atoms in total. The number of hydrogen-bond donors (Lipinski definition) is 1. The summed E-state index contributed by atoms with van der Waals surface area (Å²) >= 11 is 0. The second-order valence-corrected chi connectivity index (χ2v) is 9.73. The van der Waals surface area contributed by atoms with E-state index in [4.69, 9.17) is 4.74 Å². The van der Waals surface area contributed by atoms with E-state index in [1.54, 1.807) is 24.3 Å². The van der Waals surface area contributed by atoms with Crippen molar-refractivity contribution in [1.29, 1.82) is 0 Å². The van der Waals surface area contributed by atoms with Gasteiger partial charge in [-0.25, -0.2) is 8.42 Å². The summed E-state index contributed by atoms with van der Waals surface area (Å²) in [7, 11) is -3.38. The van der Waals surface area contributed by atoms with Gasteiger partial charge >= 0.3 is 0 Å². The molecule has 30 heavy (non-hydrogen) atoms. The maximum atomic E-state index is 12.8. The van der Waals surface area contributed by atoms with E-state index in [0.29, 0.717) is 37.4 Å². The number of ether oxygens (including phenoxy) is 1. The minimum absolute atomic E-state index is 0.0699. The van der Waals surface area contributed by atoms with Crippen molar-refractivity contribution in [2.75, 3.05) is 26.3 Å². The van der Waals surface area contributed by atoms with Crippen molar-refractivity contribution in [1.82, 2.24) is 9.62 Å². The highest BCUT2D eigenvalue weighted by Crippen LogP contribution is 2.22. The molecule has 1 fully saturated rings. The molecule has 2 aromatic rings. The van der Waals surface area contributed by atoms with Gasteiger partial charge in [-0.05, 0) is 49.1 Å². The number of benzene rings is 2. The Morgan fingerprint density at radius 3 is 2.37 bits per heavy atom. The molecule has 1 heterocycles. The quantitative estimate of drug-likeness (QED) is 0.731. The largest absolute Gasteiger partial charge is 0.379 e. The van der Waals surface area contributed by atoms with E-state index in [2.05, 4.69) is 37.4 Å². The van der Waals surface area contributed by atoms with Crippen LogP contribution in [0.5, 0.6) is 0 Å². The first-order chi connectivity index (χ1) is 14.3. The summed E-state index contributed by atoms with van der Waals surface area (Å²) in [5.74, 6) is -0.237. The molecule has 2 aromatic carbocycles. The number of sulfonamides is 1. The third-order valence-electron chi connectivity index (χ3n) is 5.44. The van der Waals surface area contributed by atoms with Crippen LogP contribution in [-0.4, -0.2) is 44.9 Å². The topological polar surface area (TPSA) is 75.7 Å². The van der Waals surface area contributed by atoms with Gasteiger partial charge in [-0.3, -0.25) is 4.79 Å². The van der Waals surface area contributed by atoms with E-state index in [-0.39, 0.29) is 17.7 Å². The maximum Gasteiger partial charge on any atom is 0.251 e. The molecule has 0 aromatic heterocycles. The van der Waals surface area contributed by atoms with Crippen LogP contribution in [-0.2, 0) is 20.5 Å². The zero-order valence-electron chi connectivity index (χ0n) is 17.8. The second kappa shape index (κ2) is 9.73. The maximum absolute atomic E-state index is 12.8. The van der Waals surface area contributed by atoms with Crippen molar-refractivity contribution >= 4 is 15.9 Å². The van der Waals surface area contributed by atoms with E-state index >= 15 is 0 Å². The normalized spacial score (nSPS) is 16.2. The standard InChI is InChI=1S/C23H30N2O4S/c1-4-22(21-10-5-17(2)15-18(21)3)24-23(26)20-8-6-19(7-9-20)16-30(27,28)25-11-13-29-14-12-25/h5-10,15,22H,4,11-14,16H2,1-3H3,(H,24,26)/t22-/m0/s1. The number of nitrogens with zero attached hydrogens (tertiary/aromatic N) is 1. The summed E-state index contributed by atoms with van der Waals surface area (Å²) in [4.78, 5) is 12.8. The van der Waals surface area contributed by atoms with Crippen LogP contribution < -0.4 is 5.32 Å². The van der Waals surface area contributed by atoms with Crippen LogP contribution in [0.2, 0.25) is 0 Å². The smallest absolute Gasteiger partial charge is 0.251 e. The van der Waals surface area contributed by atoms with Crippen LogP contribution in [0, 0.1) is 13.8 Å². The Labute approximate surface area is 179 Å². The number of nitrogens with one attached hydrogen (secondary N) is 1. The van der Waals surface area contributed by atoms with E-state index in [0.717, 1.165) is 17.5 Å². The molecule has 0 aliphatic carbocycles. The average Bonchev–Trinajstić information content (AvgIpc) is 2.73. The Morgan fingerprint density at radius 2 is 1.77 bits per heavy atom. The lowest BCUT2D eigenvalue weighted by molar-refractivity contribution is 0.0729. The van der Waals surface area contributed by atoms with Gasteiger partial charge < -0.3 is 10.1 Å². The Morgan fingerprint density at radius 1 is 1.10 bits per heavy atom. The summed E-state index contributed by atoms with van der Waals surface area (Å²) in [6.07, 6.45) is 0.783. The second-order valence-electron chi connectivity index (χ2n) is 7.76. The van der Waals surface area contributed by atoms with Crippen LogP contribution >= 0.6 is 0 Å². The molecule has 1 saturated heterocycles.